The Labute approximate surface area is 184 Å². The van der Waals surface area contributed by atoms with Crippen LogP contribution in [0.4, 0.5) is 10.2 Å². The molecule has 0 unspecified atom stereocenters. The molecule has 3 aromatic rings. The molecule has 0 bridgehead atoms. The summed E-state index contributed by atoms with van der Waals surface area (Å²) >= 11 is 1.56. The van der Waals surface area contributed by atoms with Gasteiger partial charge in [0.25, 0.3) is 0 Å². The van der Waals surface area contributed by atoms with Crippen molar-refractivity contribution in [3.8, 4) is 10.6 Å². The van der Waals surface area contributed by atoms with Gasteiger partial charge in [-0.3, -0.25) is 9.69 Å². The third-order valence-electron chi connectivity index (χ3n) is 6.39. The lowest BCUT2D eigenvalue weighted by Gasteiger charge is -2.38. The number of hydrogen-bond acceptors (Lipinski definition) is 6. The summed E-state index contributed by atoms with van der Waals surface area (Å²) in [6.45, 7) is 4.07. The monoisotopic (exact) mass is 439 g/mol. The molecule has 162 valence electrons. The maximum Gasteiger partial charge on any atom is 0.228 e. The predicted octanol–water partition coefficient (Wildman–Crippen LogP) is 4.46. The van der Waals surface area contributed by atoms with Crippen LogP contribution in [0.15, 0.2) is 30.5 Å². The number of carbonyl (C=O) groups excluding carboxylic acids is 1. The zero-order valence-electron chi connectivity index (χ0n) is 17.6. The van der Waals surface area contributed by atoms with Crippen LogP contribution in [-0.2, 0) is 4.79 Å². The topological polar surface area (TPSA) is 71.0 Å². The Morgan fingerprint density at radius 1 is 1.16 bits per heavy atom. The molecule has 0 spiro atoms. The van der Waals surface area contributed by atoms with Gasteiger partial charge in [-0.25, -0.2) is 9.37 Å². The minimum atomic E-state index is -0.644. The molecule has 1 N–H and O–H groups in total. The van der Waals surface area contributed by atoms with Crippen molar-refractivity contribution in [2.75, 3.05) is 25.0 Å². The molecule has 31 heavy (non-hydrogen) atoms. The van der Waals surface area contributed by atoms with Crippen molar-refractivity contribution in [3.05, 3.63) is 35.5 Å². The standard InChI is InChI=1S/C23H26FN5OS/c1-14-27-28-23(31-14)17-6-7-18-10-25-21(9-19(18)8-17)26-22(30)16-4-2-15(3-5-16)11-29-12-20(24)13-29/h6-10,15-16,20H,2-5,11-13H2,1H3,(H,25,26,30). The average molecular weight is 440 g/mol. The number of carbonyl (C=O) groups is 1. The van der Waals surface area contributed by atoms with Crippen LogP contribution in [-0.4, -0.2) is 51.8 Å². The Morgan fingerprint density at radius 2 is 1.97 bits per heavy atom. The van der Waals surface area contributed by atoms with E-state index in [0.717, 1.165) is 58.6 Å². The first-order valence-electron chi connectivity index (χ1n) is 10.9. The second kappa shape index (κ2) is 8.59. The summed E-state index contributed by atoms with van der Waals surface area (Å²) in [5.41, 5.74) is 1.01. The fourth-order valence-corrected chi connectivity index (χ4v) is 5.30. The van der Waals surface area contributed by atoms with Crippen LogP contribution in [0.3, 0.4) is 0 Å². The smallest absolute Gasteiger partial charge is 0.228 e. The molecule has 0 radical (unpaired) electrons. The van der Waals surface area contributed by atoms with Gasteiger partial charge in [-0.15, -0.1) is 10.2 Å². The maximum absolute atomic E-state index is 13.0. The Morgan fingerprint density at radius 3 is 2.68 bits per heavy atom. The molecule has 1 aliphatic heterocycles. The molecule has 1 aliphatic carbocycles. The van der Waals surface area contributed by atoms with E-state index in [9.17, 15) is 9.18 Å². The molecule has 1 saturated heterocycles. The van der Waals surface area contributed by atoms with Crippen molar-refractivity contribution in [2.24, 2.45) is 11.8 Å². The number of anilines is 1. The second-order valence-electron chi connectivity index (χ2n) is 8.78. The molecular formula is C23H26FN5OS. The van der Waals surface area contributed by atoms with E-state index >= 15 is 0 Å². The quantitative estimate of drug-likeness (QED) is 0.636. The number of benzene rings is 1. The molecule has 0 atom stereocenters. The Hall–Kier alpha value is -2.45. The van der Waals surface area contributed by atoms with E-state index < -0.39 is 6.17 Å². The van der Waals surface area contributed by atoms with E-state index in [1.54, 1.807) is 17.5 Å². The van der Waals surface area contributed by atoms with Crippen LogP contribution < -0.4 is 5.32 Å². The first kappa shape index (κ1) is 20.5. The van der Waals surface area contributed by atoms with Crippen LogP contribution in [0.5, 0.6) is 0 Å². The summed E-state index contributed by atoms with van der Waals surface area (Å²) in [6.07, 6.45) is 4.98. The zero-order chi connectivity index (χ0) is 21.4. The van der Waals surface area contributed by atoms with E-state index in [1.807, 2.05) is 25.1 Å². The number of nitrogens with one attached hydrogen (secondary N) is 1. The zero-order valence-corrected chi connectivity index (χ0v) is 18.4. The minimum Gasteiger partial charge on any atom is -0.310 e. The van der Waals surface area contributed by atoms with E-state index in [0.29, 0.717) is 24.8 Å². The van der Waals surface area contributed by atoms with Gasteiger partial charge in [-0.1, -0.05) is 23.5 Å². The van der Waals surface area contributed by atoms with Crippen LogP contribution in [0.2, 0.25) is 0 Å². The summed E-state index contributed by atoms with van der Waals surface area (Å²) in [7, 11) is 0. The van der Waals surface area contributed by atoms with E-state index in [-0.39, 0.29) is 11.8 Å². The number of likely N-dealkylation sites (tertiary alicyclic amines) is 1. The van der Waals surface area contributed by atoms with Gasteiger partial charge in [0.05, 0.1) is 0 Å². The molecule has 1 saturated carbocycles. The van der Waals surface area contributed by atoms with Crippen molar-refractivity contribution in [2.45, 2.75) is 38.8 Å². The van der Waals surface area contributed by atoms with Crippen LogP contribution in [0.25, 0.3) is 21.3 Å². The van der Waals surface area contributed by atoms with Crippen molar-refractivity contribution in [1.82, 2.24) is 20.1 Å². The van der Waals surface area contributed by atoms with Crippen LogP contribution in [0, 0.1) is 18.8 Å². The van der Waals surface area contributed by atoms with Gasteiger partial charge in [-0.05, 0) is 56.0 Å². The Bertz CT molecular complexity index is 1090. The normalized spacial score (nSPS) is 22.4. The number of aryl methyl sites for hydroxylation is 1. The van der Waals surface area contributed by atoms with Crippen LogP contribution >= 0.6 is 11.3 Å². The van der Waals surface area contributed by atoms with E-state index in [2.05, 4.69) is 31.5 Å². The first-order chi connectivity index (χ1) is 15.0. The fraction of sp³-hybridized carbons (Fsp3) is 0.478. The number of rotatable bonds is 5. The Balaban J connectivity index is 1.21. The summed E-state index contributed by atoms with van der Waals surface area (Å²) in [5.74, 6) is 1.24. The highest BCUT2D eigenvalue weighted by Gasteiger charge is 2.31. The maximum atomic E-state index is 13.0. The Kier molecular flexibility index (Phi) is 5.67. The largest absolute Gasteiger partial charge is 0.310 e. The van der Waals surface area contributed by atoms with Gasteiger partial charge in [0, 0.05) is 42.7 Å². The van der Waals surface area contributed by atoms with Crippen molar-refractivity contribution in [1.29, 1.82) is 0 Å². The third kappa shape index (κ3) is 4.60. The van der Waals surface area contributed by atoms with Gasteiger partial charge in [-0.2, -0.15) is 0 Å². The molecule has 2 fully saturated rings. The highest BCUT2D eigenvalue weighted by molar-refractivity contribution is 7.14. The van der Waals surface area contributed by atoms with Gasteiger partial charge >= 0.3 is 0 Å². The van der Waals surface area contributed by atoms with Crippen molar-refractivity contribution >= 4 is 33.8 Å². The molecular weight excluding hydrogens is 413 g/mol. The van der Waals surface area contributed by atoms with Crippen molar-refractivity contribution < 1.29 is 9.18 Å². The molecule has 3 heterocycles. The van der Waals surface area contributed by atoms with E-state index in [1.165, 1.54) is 0 Å². The van der Waals surface area contributed by atoms with E-state index in [4.69, 9.17) is 0 Å². The number of nitrogens with zero attached hydrogens (tertiary/aromatic N) is 4. The molecule has 1 aromatic carbocycles. The van der Waals surface area contributed by atoms with Gasteiger partial charge < -0.3 is 5.32 Å². The number of pyridine rings is 1. The third-order valence-corrected chi connectivity index (χ3v) is 7.28. The summed E-state index contributed by atoms with van der Waals surface area (Å²) in [4.78, 5) is 19.4. The van der Waals surface area contributed by atoms with Crippen LogP contribution in [0.1, 0.15) is 30.7 Å². The highest BCUT2D eigenvalue weighted by atomic mass is 32.1. The lowest BCUT2D eigenvalue weighted by molar-refractivity contribution is -0.121. The van der Waals surface area contributed by atoms with Gasteiger partial charge in [0.15, 0.2) is 0 Å². The number of aromatic nitrogens is 3. The molecule has 6 nitrogen and oxygen atoms in total. The fourth-order valence-electron chi connectivity index (χ4n) is 4.61. The summed E-state index contributed by atoms with van der Waals surface area (Å²) < 4.78 is 13.0. The predicted molar refractivity (Wildman–Crippen MR) is 121 cm³/mol. The minimum absolute atomic E-state index is 0.0229. The molecule has 1 amide bonds. The molecule has 2 aliphatic rings. The number of hydrogen-bond donors (Lipinski definition) is 1. The lowest BCUT2D eigenvalue weighted by atomic mass is 9.81. The number of alkyl halides is 1. The summed E-state index contributed by atoms with van der Waals surface area (Å²) in [6, 6.07) is 8.03. The van der Waals surface area contributed by atoms with Gasteiger partial charge in [0.1, 0.15) is 22.0 Å². The van der Waals surface area contributed by atoms with Gasteiger partial charge in [0.2, 0.25) is 5.91 Å². The molecule has 5 rings (SSSR count). The summed E-state index contributed by atoms with van der Waals surface area (Å²) in [5, 5.41) is 15.2. The van der Waals surface area contributed by atoms with Crippen molar-refractivity contribution in [3.63, 3.8) is 0 Å². The second-order valence-corrected chi connectivity index (χ2v) is 9.96. The average Bonchev–Trinajstić information content (AvgIpc) is 3.19. The number of halogens is 1. The molecule has 2 aromatic heterocycles. The SMILES string of the molecule is Cc1nnc(-c2ccc3cnc(NC(=O)C4CCC(CN5CC(F)C5)CC4)cc3c2)s1. The molecule has 8 heteroatoms. The number of fused-ring (bicyclic) bond motifs is 1. The highest BCUT2D eigenvalue weighted by Crippen LogP contribution is 2.32. The lowest BCUT2D eigenvalue weighted by Crippen LogP contribution is -2.50. The first-order valence-corrected chi connectivity index (χ1v) is 11.7. The number of amides is 1.